The van der Waals surface area contributed by atoms with E-state index in [0.29, 0.717) is 11.3 Å². The van der Waals surface area contributed by atoms with Crippen LogP contribution in [0.5, 0.6) is 0 Å². The number of hydrogen-bond donors (Lipinski definition) is 1. The van der Waals surface area contributed by atoms with Crippen LogP contribution in [-0.4, -0.2) is 18.5 Å². The van der Waals surface area contributed by atoms with E-state index in [4.69, 9.17) is 11.6 Å². The fraction of sp³-hybridized carbons (Fsp3) is 1.00. The third-order valence-electron chi connectivity index (χ3n) is 3.50. The maximum absolute atomic E-state index is 6.32. The van der Waals surface area contributed by atoms with Gasteiger partial charge >= 0.3 is 0 Å². The van der Waals surface area contributed by atoms with Crippen LogP contribution in [0.1, 0.15) is 52.4 Å². The van der Waals surface area contributed by atoms with E-state index < -0.39 is 0 Å². The maximum Gasteiger partial charge on any atom is 0.0376 e. The Bertz CT molecular complexity index is 161. The van der Waals surface area contributed by atoms with E-state index in [2.05, 4.69) is 19.2 Å². The molecule has 15 heavy (non-hydrogen) atoms. The molecule has 0 heterocycles. The second-order valence-electron chi connectivity index (χ2n) is 5.11. The van der Waals surface area contributed by atoms with Crippen LogP contribution < -0.4 is 5.32 Å². The first-order chi connectivity index (χ1) is 7.24. The average molecular weight is 232 g/mol. The van der Waals surface area contributed by atoms with Crippen LogP contribution >= 0.6 is 11.6 Å². The van der Waals surface area contributed by atoms with Gasteiger partial charge in [-0.1, -0.05) is 33.1 Å². The van der Waals surface area contributed by atoms with Crippen LogP contribution in [-0.2, 0) is 0 Å². The molecule has 0 saturated heterocycles. The zero-order valence-corrected chi connectivity index (χ0v) is 11.0. The molecule has 1 aliphatic rings. The summed E-state index contributed by atoms with van der Waals surface area (Å²) in [5, 5.41) is 4.01. The van der Waals surface area contributed by atoms with Crippen LogP contribution in [0.25, 0.3) is 0 Å². The van der Waals surface area contributed by atoms with Gasteiger partial charge in [-0.15, -0.1) is 11.6 Å². The van der Waals surface area contributed by atoms with Crippen molar-refractivity contribution >= 4 is 11.6 Å². The summed E-state index contributed by atoms with van der Waals surface area (Å²) in [5.74, 6) is 1.53. The molecule has 1 nitrogen and oxygen atoms in total. The van der Waals surface area contributed by atoms with E-state index >= 15 is 0 Å². The van der Waals surface area contributed by atoms with Gasteiger partial charge < -0.3 is 5.32 Å². The monoisotopic (exact) mass is 231 g/mol. The molecule has 2 heteroatoms. The van der Waals surface area contributed by atoms with Crippen molar-refractivity contribution in [3.05, 3.63) is 0 Å². The standard InChI is InChI=1S/C13H26ClN/c1-3-6-11(2)9-15-10-12-7-4-5-8-13(12)14/h11-13,15H,3-10H2,1-2H3. The molecule has 1 aliphatic carbocycles. The largest absolute Gasteiger partial charge is 0.316 e. The molecule has 1 fully saturated rings. The number of nitrogens with one attached hydrogen (secondary N) is 1. The van der Waals surface area contributed by atoms with E-state index in [1.807, 2.05) is 0 Å². The third-order valence-corrected chi connectivity index (χ3v) is 4.07. The Labute approximate surface area is 100.0 Å². The Morgan fingerprint density at radius 2 is 2.07 bits per heavy atom. The highest BCUT2D eigenvalue weighted by molar-refractivity contribution is 6.20. The van der Waals surface area contributed by atoms with Gasteiger partial charge in [-0.2, -0.15) is 0 Å². The van der Waals surface area contributed by atoms with Crippen molar-refractivity contribution in [2.24, 2.45) is 11.8 Å². The van der Waals surface area contributed by atoms with Crippen molar-refractivity contribution in [2.75, 3.05) is 13.1 Å². The van der Waals surface area contributed by atoms with Crippen molar-refractivity contribution in [1.82, 2.24) is 5.32 Å². The van der Waals surface area contributed by atoms with Crippen LogP contribution in [0.4, 0.5) is 0 Å². The Balaban J connectivity index is 2.08. The van der Waals surface area contributed by atoms with Crippen LogP contribution in [0.3, 0.4) is 0 Å². The summed E-state index contributed by atoms with van der Waals surface area (Å²) in [6, 6.07) is 0. The molecule has 0 radical (unpaired) electrons. The lowest BCUT2D eigenvalue weighted by atomic mass is 9.88. The fourth-order valence-electron chi connectivity index (χ4n) is 2.50. The second-order valence-corrected chi connectivity index (χ2v) is 5.67. The molecule has 0 aromatic carbocycles. The normalized spacial score (nSPS) is 29.0. The number of rotatable bonds is 6. The molecule has 0 aromatic rings. The molecule has 3 atom stereocenters. The third kappa shape index (κ3) is 5.21. The summed E-state index contributed by atoms with van der Waals surface area (Å²) in [5.41, 5.74) is 0. The molecule has 90 valence electrons. The molecule has 0 amide bonds. The minimum Gasteiger partial charge on any atom is -0.316 e. The summed E-state index contributed by atoms with van der Waals surface area (Å²) in [7, 11) is 0. The topological polar surface area (TPSA) is 12.0 Å². The van der Waals surface area contributed by atoms with E-state index in [9.17, 15) is 0 Å². The van der Waals surface area contributed by atoms with Gasteiger partial charge in [0.25, 0.3) is 0 Å². The quantitative estimate of drug-likeness (QED) is 0.686. The van der Waals surface area contributed by atoms with Crippen molar-refractivity contribution < 1.29 is 0 Å². The Kier molecular flexibility index (Phi) is 6.67. The molecule has 0 aliphatic heterocycles. The lowest BCUT2D eigenvalue weighted by Gasteiger charge is -2.27. The SMILES string of the molecule is CCCC(C)CNCC1CCCCC1Cl. The number of hydrogen-bond acceptors (Lipinski definition) is 1. The minimum atomic E-state index is 0.424. The molecular formula is C13H26ClN. The fourth-order valence-corrected chi connectivity index (χ4v) is 2.87. The van der Waals surface area contributed by atoms with Crippen LogP contribution in [0.2, 0.25) is 0 Å². The van der Waals surface area contributed by atoms with Gasteiger partial charge in [0, 0.05) is 5.38 Å². The smallest absolute Gasteiger partial charge is 0.0376 e. The molecule has 0 aromatic heterocycles. The molecule has 1 saturated carbocycles. The van der Waals surface area contributed by atoms with Gasteiger partial charge in [0.2, 0.25) is 0 Å². The Hall–Kier alpha value is 0.250. The van der Waals surface area contributed by atoms with Gasteiger partial charge in [0.05, 0.1) is 0 Å². The molecule has 1 N–H and O–H groups in total. The lowest BCUT2D eigenvalue weighted by Crippen LogP contribution is -2.33. The average Bonchev–Trinajstić information content (AvgIpc) is 2.21. The van der Waals surface area contributed by atoms with E-state index in [1.54, 1.807) is 0 Å². The summed E-state index contributed by atoms with van der Waals surface area (Å²) < 4.78 is 0. The highest BCUT2D eigenvalue weighted by Gasteiger charge is 2.22. The number of alkyl halides is 1. The van der Waals surface area contributed by atoms with Crippen molar-refractivity contribution in [1.29, 1.82) is 0 Å². The zero-order valence-electron chi connectivity index (χ0n) is 10.3. The zero-order chi connectivity index (χ0) is 11.1. The van der Waals surface area contributed by atoms with Crippen molar-refractivity contribution in [3.63, 3.8) is 0 Å². The van der Waals surface area contributed by atoms with Gasteiger partial charge in [0.1, 0.15) is 0 Å². The van der Waals surface area contributed by atoms with Crippen LogP contribution in [0, 0.1) is 11.8 Å². The minimum absolute atomic E-state index is 0.424. The second kappa shape index (κ2) is 7.51. The van der Waals surface area contributed by atoms with Crippen molar-refractivity contribution in [2.45, 2.75) is 57.7 Å². The van der Waals surface area contributed by atoms with Crippen molar-refractivity contribution in [3.8, 4) is 0 Å². The molecule has 0 spiro atoms. The highest BCUT2D eigenvalue weighted by Crippen LogP contribution is 2.27. The van der Waals surface area contributed by atoms with Gasteiger partial charge in [-0.25, -0.2) is 0 Å². The summed E-state index contributed by atoms with van der Waals surface area (Å²) >= 11 is 6.32. The molecule has 3 unspecified atom stereocenters. The van der Waals surface area contributed by atoms with E-state index in [-0.39, 0.29) is 0 Å². The number of halogens is 1. The van der Waals surface area contributed by atoms with Gasteiger partial charge in [0.15, 0.2) is 0 Å². The Morgan fingerprint density at radius 3 is 2.73 bits per heavy atom. The summed E-state index contributed by atoms with van der Waals surface area (Å²) in [6.07, 6.45) is 7.88. The first-order valence-corrected chi connectivity index (χ1v) is 7.02. The molecule has 1 rings (SSSR count). The Morgan fingerprint density at radius 1 is 1.33 bits per heavy atom. The maximum atomic E-state index is 6.32. The highest BCUT2D eigenvalue weighted by atomic mass is 35.5. The van der Waals surface area contributed by atoms with Gasteiger partial charge in [-0.3, -0.25) is 0 Å². The molecular weight excluding hydrogens is 206 g/mol. The predicted octanol–water partition coefficient (Wildman–Crippen LogP) is 3.81. The summed E-state index contributed by atoms with van der Waals surface area (Å²) in [4.78, 5) is 0. The first-order valence-electron chi connectivity index (χ1n) is 6.58. The lowest BCUT2D eigenvalue weighted by molar-refractivity contribution is 0.338. The summed E-state index contributed by atoms with van der Waals surface area (Å²) in [6.45, 7) is 6.87. The first kappa shape index (κ1) is 13.3. The molecule has 0 bridgehead atoms. The predicted molar refractivity (Wildman–Crippen MR) is 68.5 cm³/mol. The van der Waals surface area contributed by atoms with Gasteiger partial charge in [-0.05, 0) is 44.2 Å². The van der Waals surface area contributed by atoms with Crippen LogP contribution in [0.15, 0.2) is 0 Å². The van der Waals surface area contributed by atoms with E-state index in [0.717, 1.165) is 19.0 Å². The van der Waals surface area contributed by atoms with E-state index in [1.165, 1.54) is 38.5 Å².